The Hall–Kier alpha value is -2.16. The molecule has 2 aliphatic heterocycles. The summed E-state index contributed by atoms with van der Waals surface area (Å²) in [6, 6.07) is -1.74. The third-order valence-corrected chi connectivity index (χ3v) is 2.88. The van der Waals surface area contributed by atoms with E-state index in [1.165, 1.54) is 0 Å². The fraction of sp³-hybridized carbons (Fsp3) is 0.600. The van der Waals surface area contributed by atoms with Crippen molar-refractivity contribution in [3.63, 3.8) is 0 Å². The molecule has 9 nitrogen and oxygen atoms in total. The molecule has 0 spiro atoms. The lowest BCUT2D eigenvalue weighted by Gasteiger charge is -2.37. The van der Waals surface area contributed by atoms with Crippen molar-refractivity contribution in [3.05, 3.63) is 0 Å². The largest absolute Gasteiger partial charge is 0.480 e. The van der Waals surface area contributed by atoms with Gasteiger partial charge in [0, 0.05) is 6.54 Å². The SMILES string of the molecule is O=C1CN(C(=O)N2CCOCC2C(=O)O)CC(=O)N1. The van der Waals surface area contributed by atoms with Crippen molar-refractivity contribution in [3.8, 4) is 0 Å². The number of nitrogens with one attached hydrogen (secondary N) is 1. The molecule has 2 saturated heterocycles. The molecule has 104 valence electrons. The summed E-state index contributed by atoms with van der Waals surface area (Å²) in [5, 5.41) is 11.1. The summed E-state index contributed by atoms with van der Waals surface area (Å²) in [7, 11) is 0. The quantitative estimate of drug-likeness (QED) is 0.525. The predicted molar refractivity (Wildman–Crippen MR) is 59.1 cm³/mol. The molecule has 2 heterocycles. The highest BCUT2D eigenvalue weighted by Gasteiger charge is 2.37. The summed E-state index contributed by atoms with van der Waals surface area (Å²) in [6.45, 7) is -0.275. The van der Waals surface area contributed by atoms with Gasteiger partial charge in [0.05, 0.1) is 13.2 Å². The number of hydrogen-bond acceptors (Lipinski definition) is 5. The highest BCUT2D eigenvalue weighted by Crippen LogP contribution is 2.11. The van der Waals surface area contributed by atoms with Gasteiger partial charge in [0.2, 0.25) is 11.8 Å². The minimum Gasteiger partial charge on any atom is -0.480 e. The number of ether oxygens (including phenoxy) is 1. The molecule has 0 aromatic heterocycles. The molecule has 0 aromatic rings. The first-order valence-corrected chi connectivity index (χ1v) is 5.68. The second-order valence-electron chi connectivity index (χ2n) is 4.23. The van der Waals surface area contributed by atoms with Gasteiger partial charge in [0.25, 0.3) is 0 Å². The molecule has 19 heavy (non-hydrogen) atoms. The Bertz CT molecular complexity index is 421. The summed E-state index contributed by atoms with van der Waals surface area (Å²) < 4.78 is 5.01. The number of imide groups is 1. The molecule has 2 rings (SSSR count). The van der Waals surface area contributed by atoms with E-state index in [4.69, 9.17) is 9.84 Å². The summed E-state index contributed by atoms with van der Waals surface area (Å²) in [4.78, 5) is 47.7. The maximum absolute atomic E-state index is 12.2. The first kappa shape index (κ1) is 13.3. The summed E-state index contributed by atoms with van der Waals surface area (Å²) in [6.07, 6.45) is 0. The number of carboxylic acids is 1. The van der Waals surface area contributed by atoms with Crippen LogP contribution in [0.25, 0.3) is 0 Å². The Morgan fingerprint density at radius 3 is 2.47 bits per heavy atom. The van der Waals surface area contributed by atoms with E-state index < -0.39 is 29.9 Å². The molecular formula is C10H13N3O6. The number of amides is 4. The van der Waals surface area contributed by atoms with Gasteiger partial charge in [-0.15, -0.1) is 0 Å². The van der Waals surface area contributed by atoms with E-state index in [1.807, 2.05) is 0 Å². The fourth-order valence-electron chi connectivity index (χ4n) is 1.99. The molecule has 0 aliphatic carbocycles. The van der Waals surface area contributed by atoms with E-state index in [0.717, 1.165) is 9.80 Å². The van der Waals surface area contributed by atoms with Crippen molar-refractivity contribution in [2.45, 2.75) is 6.04 Å². The number of aliphatic carboxylic acids is 1. The van der Waals surface area contributed by atoms with E-state index in [0.29, 0.717) is 0 Å². The summed E-state index contributed by atoms with van der Waals surface area (Å²) in [5.74, 6) is -2.34. The van der Waals surface area contributed by atoms with Crippen LogP contribution in [0.1, 0.15) is 0 Å². The highest BCUT2D eigenvalue weighted by molar-refractivity contribution is 6.02. The van der Waals surface area contributed by atoms with Gasteiger partial charge in [-0.25, -0.2) is 9.59 Å². The molecule has 0 radical (unpaired) electrons. The third-order valence-electron chi connectivity index (χ3n) is 2.88. The van der Waals surface area contributed by atoms with Crippen molar-refractivity contribution < 1.29 is 29.0 Å². The van der Waals surface area contributed by atoms with E-state index in [2.05, 4.69) is 5.32 Å². The van der Waals surface area contributed by atoms with Crippen molar-refractivity contribution in [1.82, 2.24) is 15.1 Å². The van der Waals surface area contributed by atoms with Crippen molar-refractivity contribution >= 4 is 23.8 Å². The third kappa shape index (κ3) is 2.81. The number of carbonyl (C=O) groups excluding carboxylic acids is 3. The molecule has 0 bridgehead atoms. The molecule has 2 N–H and O–H groups in total. The van der Waals surface area contributed by atoms with E-state index in [-0.39, 0.29) is 32.8 Å². The highest BCUT2D eigenvalue weighted by atomic mass is 16.5. The van der Waals surface area contributed by atoms with Crippen LogP contribution in [0.5, 0.6) is 0 Å². The lowest BCUT2D eigenvalue weighted by molar-refractivity contribution is -0.147. The van der Waals surface area contributed by atoms with Gasteiger partial charge in [-0.1, -0.05) is 0 Å². The number of morpholine rings is 1. The van der Waals surface area contributed by atoms with E-state index in [9.17, 15) is 19.2 Å². The smallest absolute Gasteiger partial charge is 0.328 e. The molecule has 2 aliphatic rings. The predicted octanol–water partition coefficient (Wildman–Crippen LogP) is -2.15. The van der Waals surface area contributed by atoms with Crippen molar-refractivity contribution in [2.75, 3.05) is 32.8 Å². The number of urea groups is 1. The van der Waals surface area contributed by atoms with E-state index >= 15 is 0 Å². The standard InChI is InChI=1S/C10H13N3O6/c14-7-3-12(4-8(15)11-7)10(18)13-1-2-19-5-6(13)9(16)17/h6H,1-5H2,(H,16,17)(H,11,14,15). The van der Waals surface area contributed by atoms with Crippen molar-refractivity contribution in [2.24, 2.45) is 0 Å². The number of nitrogens with zero attached hydrogens (tertiary/aromatic N) is 2. The van der Waals surface area contributed by atoms with Crippen LogP contribution in [0.2, 0.25) is 0 Å². The first-order valence-electron chi connectivity index (χ1n) is 5.68. The van der Waals surface area contributed by atoms with Gasteiger partial charge >= 0.3 is 12.0 Å². The minimum absolute atomic E-state index is 0.102. The second-order valence-corrected chi connectivity index (χ2v) is 4.23. The molecular weight excluding hydrogens is 258 g/mol. The van der Waals surface area contributed by atoms with Gasteiger partial charge in [0.15, 0.2) is 6.04 Å². The average molecular weight is 271 g/mol. The maximum atomic E-state index is 12.2. The van der Waals surface area contributed by atoms with Crippen LogP contribution in [-0.2, 0) is 19.1 Å². The number of rotatable bonds is 1. The Morgan fingerprint density at radius 1 is 1.26 bits per heavy atom. The van der Waals surface area contributed by atoms with Crippen LogP contribution in [0, 0.1) is 0 Å². The van der Waals surface area contributed by atoms with Gasteiger partial charge in [0.1, 0.15) is 13.1 Å². The van der Waals surface area contributed by atoms with Crippen LogP contribution in [-0.4, -0.2) is 77.6 Å². The minimum atomic E-state index is -1.18. The number of hydrogen-bond donors (Lipinski definition) is 2. The molecule has 0 aromatic carbocycles. The first-order chi connectivity index (χ1) is 8.99. The monoisotopic (exact) mass is 271 g/mol. The van der Waals surface area contributed by atoms with Gasteiger partial charge in [-0.3, -0.25) is 14.9 Å². The number of carbonyl (C=O) groups is 4. The lowest BCUT2D eigenvalue weighted by atomic mass is 10.2. The lowest BCUT2D eigenvalue weighted by Crippen LogP contribution is -2.61. The molecule has 1 atom stereocenters. The number of piperazine rings is 1. The van der Waals surface area contributed by atoms with Crippen LogP contribution in [0.3, 0.4) is 0 Å². The van der Waals surface area contributed by atoms with Crippen LogP contribution in [0.4, 0.5) is 4.79 Å². The molecule has 4 amide bonds. The second kappa shape index (κ2) is 5.22. The zero-order valence-corrected chi connectivity index (χ0v) is 10.00. The van der Waals surface area contributed by atoms with Crippen LogP contribution >= 0.6 is 0 Å². The van der Waals surface area contributed by atoms with Gasteiger partial charge in [-0.05, 0) is 0 Å². The zero-order valence-electron chi connectivity index (χ0n) is 10.00. The van der Waals surface area contributed by atoms with Gasteiger partial charge < -0.3 is 19.6 Å². The maximum Gasteiger partial charge on any atom is 0.328 e. The van der Waals surface area contributed by atoms with Gasteiger partial charge in [-0.2, -0.15) is 0 Å². The molecule has 9 heteroatoms. The topological polar surface area (TPSA) is 116 Å². The van der Waals surface area contributed by atoms with Crippen LogP contribution in [0.15, 0.2) is 0 Å². The molecule has 0 saturated carbocycles. The summed E-state index contributed by atoms with van der Waals surface area (Å²) in [5.41, 5.74) is 0. The fourth-order valence-corrected chi connectivity index (χ4v) is 1.99. The average Bonchev–Trinajstić information content (AvgIpc) is 2.36. The van der Waals surface area contributed by atoms with Crippen LogP contribution < -0.4 is 5.32 Å². The Morgan fingerprint density at radius 2 is 1.89 bits per heavy atom. The van der Waals surface area contributed by atoms with Crippen molar-refractivity contribution in [1.29, 1.82) is 0 Å². The molecule has 2 fully saturated rings. The Labute approximate surface area is 108 Å². The Kier molecular flexibility index (Phi) is 3.65. The number of carboxylic acid groups (broad SMARTS) is 1. The summed E-state index contributed by atoms with van der Waals surface area (Å²) >= 11 is 0. The Balaban J connectivity index is 2.10. The van der Waals surface area contributed by atoms with E-state index in [1.54, 1.807) is 0 Å². The molecule has 1 unspecified atom stereocenters. The zero-order chi connectivity index (χ0) is 14.0. The normalized spacial score (nSPS) is 24.1.